The van der Waals surface area contributed by atoms with Crippen LogP contribution in [-0.4, -0.2) is 81.8 Å². The second-order valence-electron chi connectivity index (χ2n) is 8.05. The van der Waals surface area contributed by atoms with Gasteiger partial charge in [0.1, 0.15) is 5.82 Å². The molecule has 0 bridgehead atoms. The van der Waals surface area contributed by atoms with Crippen molar-refractivity contribution < 1.29 is 18.0 Å². The third-order valence-electron chi connectivity index (χ3n) is 6.00. The number of fused-ring (bicyclic) bond motifs is 1. The Morgan fingerprint density at radius 2 is 1.83 bits per heavy atom. The number of rotatable bonds is 5. The van der Waals surface area contributed by atoms with Crippen molar-refractivity contribution in [1.82, 2.24) is 29.6 Å². The number of halogens is 3. The Kier molecular flexibility index (Phi) is 5.81. The van der Waals surface area contributed by atoms with Crippen molar-refractivity contribution in [2.24, 2.45) is 5.92 Å². The van der Waals surface area contributed by atoms with Crippen LogP contribution in [0.15, 0.2) is 12.1 Å². The van der Waals surface area contributed by atoms with E-state index in [1.54, 1.807) is 6.07 Å². The van der Waals surface area contributed by atoms with Gasteiger partial charge >= 0.3 is 6.18 Å². The number of nitrogens with zero attached hydrogens (tertiary/aromatic N) is 7. The zero-order valence-corrected chi connectivity index (χ0v) is 17.0. The van der Waals surface area contributed by atoms with Gasteiger partial charge in [-0.3, -0.25) is 4.79 Å². The lowest BCUT2D eigenvalue weighted by Crippen LogP contribution is -2.43. The van der Waals surface area contributed by atoms with Gasteiger partial charge in [0, 0.05) is 39.1 Å². The molecular weight excluding hydrogens is 399 g/mol. The van der Waals surface area contributed by atoms with Gasteiger partial charge in [-0.1, -0.05) is 0 Å². The van der Waals surface area contributed by atoms with E-state index in [-0.39, 0.29) is 17.5 Å². The number of alkyl halides is 3. The van der Waals surface area contributed by atoms with Gasteiger partial charge in [0.2, 0.25) is 5.91 Å². The lowest BCUT2D eigenvalue weighted by atomic mass is 9.95. The minimum absolute atomic E-state index is 0.0516. The highest BCUT2D eigenvalue weighted by Gasteiger charge is 2.38. The molecule has 2 saturated heterocycles. The van der Waals surface area contributed by atoms with E-state index in [0.29, 0.717) is 31.7 Å². The number of likely N-dealkylation sites (N-methyl/N-ethyl adjacent to an activating group) is 1. The predicted octanol–water partition coefficient (Wildman–Crippen LogP) is 1.91. The average Bonchev–Trinajstić information content (AvgIpc) is 3.40. The smallest absolute Gasteiger partial charge is 0.355 e. The number of aromatic nitrogens is 4. The predicted molar refractivity (Wildman–Crippen MR) is 104 cm³/mol. The van der Waals surface area contributed by atoms with Crippen LogP contribution in [0.25, 0.3) is 5.65 Å². The largest absolute Gasteiger partial charge is 0.453 e. The summed E-state index contributed by atoms with van der Waals surface area (Å²) in [5.41, 5.74) is 0.0516. The molecule has 0 unspecified atom stereocenters. The SMILES string of the molecule is CN(CCN1CCCC1)C(=O)C1CCN(c2ccc3nnc(C(F)(F)F)n3n2)CC1. The molecule has 2 aromatic heterocycles. The fraction of sp³-hybridized carbons (Fsp3) is 0.684. The molecule has 30 heavy (non-hydrogen) atoms. The van der Waals surface area contributed by atoms with Crippen LogP contribution in [0, 0.1) is 5.92 Å². The second kappa shape index (κ2) is 8.37. The van der Waals surface area contributed by atoms with Crippen molar-refractivity contribution in [3.63, 3.8) is 0 Å². The minimum Gasteiger partial charge on any atom is -0.355 e. The number of piperidine rings is 1. The molecule has 164 valence electrons. The van der Waals surface area contributed by atoms with E-state index in [1.165, 1.54) is 18.9 Å². The Morgan fingerprint density at radius 3 is 2.50 bits per heavy atom. The summed E-state index contributed by atoms with van der Waals surface area (Å²) in [4.78, 5) is 18.9. The van der Waals surface area contributed by atoms with Crippen LogP contribution in [0.1, 0.15) is 31.5 Å². The van der Waals surface area contributed by atoms with Crippen molar-refractivity contribution in [2.45, 2.75) is 31.9 Å². The Morgan fingerprint density at radius 1 is 1.13 bits per heavy atom. The lowest BCUT2D eigenvalue weighted by Gasteiger charge is -2.34. The molecule has 0 saturated carbocycles. The summed E-state index contributed by atoms with van der Waals surface area (Å²) in [6.07, 6.45) is -0.850. The van der Waals surface area contributed by atoms with E-state index >= 15 is 0 Å². The molecule has 0 aliphatic carbocycles. The quantitative estimate of drug-likeness (QED) is 0.729. The molecule has 4 rings (SSSR count). The van der Waals surface area contributed by atoms with Crippen molar-refractivity contribution >= 4 is 17.4 Å². The maximum Gasteiger partial charge on any atom is 0.453 e. The first-order valence-electron chi connectivity index (χ1n) is 10.3. The maximum atomic E-state index is 13.1. The lowest BCUT2D eigenvalue weighted by molar-refractivity contribution is -0.146. The summed E-state index contributed by atoms with van der Waals surface area (Å²) in [6.45, 7) is 4.99. The Labute approximate surface area is 172 Å². The van der Waals surface area contributed by atoms with E-state index in [0.717, 1.165) is 30.7 Å². The van der Waals surface area contributed by atoms with Crippen LogP contribution in [0.3, 0.4) is 0 Å². The van der Waals surface area contributed by atoms with Gasteiger partial charge in [-0.15, -0.1) is 15.3 Å². The summed E-state index contributed by atoms with van der Waals surface area (Å²) in [5, 5.41) is 10.8. The molecule has 2 aliphatic rings. The summed E-state index contributed by atoms with van der Waals surface area (Å²) in [6, 6.07) is 3.13. The highest BCUT2D eigenvalue weighted by Crippen LogP contribution is 2.29. The number of anilines is 1. The van der Waals surface area contributed by atoms with Gasteiger partial charge in [-0.25, -0.2) is 0 Å². The van der Waals surface area contributed by atoms with Crippen molar-refractivity contribution in [1.29, 1.82) is 0 Å². The molecule has 0 N–H and O–H groups in total. The summed E-state index contributed by atoms with van der Waals surface area (Å²) in [5.74, 6) is -0.616. The van der Waals surface area contributed by atoms with Gasteiger partial charge in [-0.2, -0.15) is 17.7 Å². The first kappa shape index (κ1) is 20.8. The molecule has 0 radical (unpaired) electrons. The third kappa shape index (κ3) is 4.35. The van der Waals surface area contributed by atoms with Gasteiger partial charge in [0.15, 0.2) is 5.65 Å². The third-order valence-corrected chi connectivity index (χ3v) is 6.00. The molecule has 8 nitrogen and oxygen atoms in total. The molecule has 11 heteroatoms. The molecule has 2 aliphatic heterocycles. The van der Waals surface area contributed by atoms with Crippen molar-refractivity contribution in [3.05, 3.63) is 18.0 Å². The Bertz CT molecular complexity index is 886. The maximum absolute atomic E-state index is 13.1. The van der Waals surface area contributed by atoms with Gasteiger partial charge in [-0.05, 0) is 50.9 Å². The van der Waals surface area contributed by atoms with Gasteiger partial charge in [0.05, 0.1) is 0 Å². The van der Waals surface area contributed by atoms with Crippen LogP contribution < -0.4 is 4.90 Å². The molecule has 2 aromatic rings. The van der Waals surface area contributed by atoms with Gasteiger partial charge in [0.25, 0.3) is 5.82 Å². The number of hydrogen-bond acceptors (Lipinski definition) is 6. The molecule has 0 spiro atoms. The normalized spacial score (nSPS) is 19.0. The molecule has 0 aromatic carbocycles. The number of hydrogen-bond donors (Lipinski definition) is 0. The molecule has 2 fully saturated rings. The van der Waals surface area contributed by atoms with E-state index < -0.39 is 12.0 Å². The minimum atomic E-state index is -4.62. The van der Waals surface area contributed by atoms with Crippen LogP contribution in [0.5, 0.6) is 0 Å². The summed E-state index contributed by atoms with van der Waals surface area (Å²) < 4.78 is 40.0. The summed E-state index contributed by atoms with van der Waals surface area (Å²) in [7, 11) is 1.85. The zero-order chi connectivity index (χ0) is 21.3. The number of carbonyl (C=O) groups is 1. The number of likely N-dealkylation sites (tertiary alicyclic amines) is 1. The highest BCUT2D eigenvalue weighted by atomic mass is 19.4. The molecular formula is C19H26F3N7O. The summed E-state index contributed by atoms with van der Waals surface area (Å²) >= 11 is 0. The Hall–Kier alpha value is -2.43. The topological polar surface area (TPSA) is 69.9 Å². The van der Waals surface area contributed by atoms with Crippen molar-refractivity contribution in [2.75, 3.05) is 51.2 Å². The molecule has 4 heterocycles. The fourth-order valence-corrected chi connectivity index (χ4v) is 4.20. The monoisotopic (exact) mass is 425 g/mol. The number of carbonyl (C=O) groups excluding carboxylic acids is 1. The highest BCUT2D eigenvalue weighted by molar-refractivity contribution is 5.79. The second-order valence-corrected chi connectivity index (χ2v) is 8.05. The van der Waals surface area contributed by atoms with E-state index in [1.807, 2.05) is 16.8 Å². The standard InChI is InChI=1S/C19H26F3N7O/c1-26(12-13-27-8-2-3-9-27)17(30)14-6-10-28(11-7-14)16-5-4-15-23-24-18(19(20,21)22)29(15)25-16/h4-5,14H,2-3,6-13H2,1H3. The van der Waals surface area contributed by atoms with E-state index in [4.69, 9.17) is 0 Å². The van der Waals surface area contributed by atoms with Crippen LogP contribution >= 0.6 is 0 Å². The molecule has 0 atom stereocenters. The van der Waals surface area contributed by atoms with Crippen LogP contribution in [0.4, 0.5) is 19.0 Å². The first-order chi connectivity index (χ1) is 14.3. The Balaban J connectivity index is 1.35. The molecule has 1 amide bonds. The average molecular weight is 425 g/mol. The van der Waals surface area contributed by atoms with Crippen LogP contribution in [0.2, 0.25) is 0 Å². The van der Waals surface area contributed by atoms with Crippen molar-refractivity contribution in [3.8, 4) is 0 Å². The van der Waals surface area contributed by atoms with E-state index in [2.05, 4.69) is 20.2 Å². The van der Waals surface area contributed by atoms with Crippen LogP contribution in [-0.2, 0) is 11.0 Å². The first-order valence-corrected chi connectivity index (χ1v) is 10.3. The fourth-order valence-electron chi connectivity index (χ4n) is 4.20. The van der Waals surface area contributed by atoms with E-state index in [9.17, 15) is 18.0 Å². The zero-order valence-electron chi connectivity index (χ0n) is 17.0. The number of amides is 1. The van der Waals surface area contributed by atoms with Gasteiger partial charge < -0.3 is 14.7 Å².